The van der Waals surface area contributed by atoms with Gasteiger partial charge in [0.2, 0.25) is 5.95 Å². The molecular formula is C21H34N4O2. The zero-order chi connectivity index (χ0) is 18.1. The monoisotopic (exact) mass is 374 g/mol. The normalized spacial score (nSPS) is 28.6. The van der Waals surface area contributed by atoms with Crippen LogP contribution in [0, 0.1) is 5.92 Å². The van der Waals surface area contributed by atoms with E-state index in [0.29, 0.717) is 6.10 Å². The van der Waals surface area contributed by atoms with Crippen LogP contribution in [0.3, 0.4) is 0 Å². The Morgan fingerprint density at radius 2 is 1.81 bits per heavy atom. The van der Waals surface area contributed by atoms with Crippen molar-refractivity contribution in [2.75, 3.05) is 31.2 Å². The Bertz CT molecular complexity index is 628. The average Bonchev–Trinajstić information content (AvgIpc) is 3.27. The molecule has 6 nitrogen and oxygen atoms in total. The molecule has 150 valence electrons. The molecule has 0 amide bonds. The van der Waals surface area contributed by atoms with Gasteiger partial charge in [-0.05, 0) is 44.4 Å². The molecule has 4 fully saturated rings. The molecule has 3 heterocycles. The maximum absolute atomic E-state index is 6.37. The third kappa shape index (κ3) is 4.02. The summed E-state index contributed by atoms with van der Waals surface area (Å²) in [6.07, 6.45) is 14.1. The minimum atomic E-state index is 0.0338. The first-order valence-corrected chi connectivity index (χ1v) is 11.2. The lowest BCUT2D eigenvalue weighted by molar-refractivity contribution is -0.0658. The van der Waals surface area contributed by atoms with E-state index in [4.69, 9.17) is 14.6 Å². The van der Waals surface area contributed by atoms with Crippen molar-refractivity contribution in [3.8, 4) is 0 Å². The number of nitrogens with zero attached hydrogens (tertiary/aromatic N) is 4. The van der Waals surface area contributed by atoms with E-state index >= 15 is 0 Å². The van der Waals surface area contributed by atoms with E-state index in [1.165, 1.54) is 63.6 Å². The van der Waals surface area contributed by atoms with E-state index in [1.54, 1.807) is 0 Å². The number of morpholine rings is 1. The molecule has 2 saturated carbocycles. The highest BCUT2D eigenvalue weighted by Crippen LogP contribution is 2.36. The number of rotatable bonds is 5. The molecule has 5 rings (SSSR count). The zero-order valence-electron chi connectivity index (χ0n) is 16.6. The minimum absolute atomic E-state index is 0.0338. The van der Waals surface area contributed by atoms with Gasteiger partial charge >= 0.3 is 0 Å². The molecule has 1 unspecified atom stereocenters. The van der Waals surface area contributed by atoms with E-state index in [-0.39, 0.29) is 5.60 Å². The van der Waals surface area contributed by atoms with Crippen molar-refractivity contribution < 1.29 is 9.47 Å². The zero-order valence-corrected chi connectivity index (χ0v) is 16.6. The van der Waals surface area contributed by atoms with Gasteiger partial charge in [0, 0.05) is 26.1 Å². The third-order valence-corrected chi connectivity index (χ3v) is 6.93. The maximum Gasteiger partial charge on any atom is 0.227 e. The van der Waals surface area contributed by atoms with Gasteiger partial charge in [0.1, 0.15) is 5.82 Å². The Hall–Kier alpha value is -1.14. The lowest BCUT2D eigenvalue weighted by Gasteiger charge is -2.43. The highest BCUT2D eigenvalue weighted by molar-refractivity contribution is 5.33. The van der Waals surface area contributed by atoms with Gasteiger partial charge in [-0.2, -0.15) is 0 Å². The van der Waals surface area contributed by atoms with E-state index in [1.807, 2.05) is 0 Å². The molecule has 2 aliphatic heterocycles. The van der Waals surface area contributed by atoms with Crippen molar-refractivity contribution in [1.29, 1.82) is 0 Å². The third-order valence-electron chi connectivity index (χ3n) is 6.93. The Morgan fingerprint density at radius 3 is 2.56 bits per heavy atom. The first-order chi connectivity index (χ1) is 13.3. The lowest BCUT2D eigenvalue weighted by Crippen LogP contribution is -2.52. The molecule has 1 aromatic rings. The van der Waals surface area contributed by atoms with Crippen LogP contribution in [0.2, 0.25) is 0 Å². The quantitative estimate of drug-likeness (QED) is 0.791. The van der Waals surface area contributed by atoms with Crippen molar-refractivity contribution in [2.45, 2.75) is 88.9 Å². The molecule has 1 atom stereocenters. The van der Waals surface area contributed by atoms with Crippen LogP contribution in [0.15, 0.2) is 0 Å². The Balaban J connectivity index is 1.38. The Kier molecular flexibility index (Phi) is 5.11. The summed E-state index contributed by atoms with van der Waals surface area (Å²) in [7, 11) is 0. The SMILES string of the molecule is C1CCCC2(CC1)CN(c1nnc(CC3CC3)n1CC1CCCO1)CCO2. The molecule has 2 aliphatic carbocycles. The minimum Gasteiger partial charge on any atom is -0.376 e. The van der Waals surface area contributed by atoms with E-state index in [2.05, 4.69) is 14.6 Å². The van der Waals surface area contributed by atoms with Crippen LogP contribution in [0.25, 0.3) is 0 Å². The summed E-state index contributed by atoms with van der Waals surface area (Å²) < 4.78 is 14.7. The summed E-state index contributed by atoms with van der Waals surface area (Å²) >= 11 is 0. The van der Waals surface area contributed by atoms with Gasteiger partial charge in [-0.25, -0.2) is 0 Å². The fraction of sp³-hybridized carbons (Fsp3) is 0.905. The van der Waals surface area contributed by atoms with E-state index in [0.717, 1.165) is 57.6 Å². The molecule has 0 N–H and O–H groups in total. The van der Waals surface area contributed by atoms with Gasteiger partial charge in [-0.1, -0.05) is 25.7 Å². The van der Waals surface area contributed by atoms with Crippen molar-refractivity contribution in [1.82, 2.24) is 14.8 Å². The predicted molar refractivity (Wildman–Crippen MR) is 104 cm³/mol. The second-order valence-electron chi connectivity index (χ2n) is 9.18. The van der Waals surface area contributed by atoms with E-state index < -0.39 is 0 Å². The lowest BCUT2D eigenvalue weighted by atomic mass is 9.92. The molecule has 0 bridgehead atoms. The summed E-state index contributed by atoms with van der Waals surface area (Å²) in [5, 5.41) is 9.33. The van der Waals surface area contributed by atoms with Crippen LogP contribution < -0.4 is 4.90 Å². The number of aromatic nitrogens is 3. The standard InChI is InChI=1S/C21H34N4O2/c1-2-4-10-21(9-3-1)16-24(11-13-27-21)20-23-22-19(14-17-7-8-17)25(20)15-18-6-5-12-26-18/h17-18H,1-16H2. The number of ether oxygens (including phenoxy) is 2. The fourth-order valence-corrected chi connectivity index (χ4v) is 5.16. The number of hydrogen-bond acceptors (Lipinski definition) is 5. The summed E-state index contributed by atoms with van der Waals surface area (Å²) in [5.74, 6) is 3.06. The van der Waals surface area contributed by atoms with Gasteiger partial charge in [-0.15, -0.1) is 10.2 Å². The molecule has 6 heteroatoms. The topological polar surface area (TPSA) is 52.4 Å². The molecule has 27 heavy (non-hydrogen) atoms. The first kappa shape index (κ1) is 17.9. The average molecular weight is 375 g/mol. The predicted octanol–water partition coefficient (Wildman–Crippen LogP) is 3.34. The first-order valence-electron chi connectivity index (χ1n) is 11.2. The molecule has 1 spiro atoms. The van der Waals surface area contributed by atoms with Crippen LogP contribution in [0.4, 0.5) is 5.95 Å². The summed E-state index contributed by atoms with van der Waals surface area (Å²) in [4.78, 5) is 2.47. The second kappa shape index (κ2) is 7.70. The molecule has 2 saturated heterocycles. The molecular weight excluding hydrogens is 340 g/mol. The van der Waals surface area contributed by atoms with Gasteiger partial charge in [0.25, 0.3) is 0 Å². The van der Waals surface area contributed by atoms with Crippen LogP contribution >= 0.6 is 0 Å². The highest BCUT2D eigenvalue weighted by Gasteiger charge is 2.39. The molecule has 4 aliphatic rings. The number of anilines is 1. The summed E-state index contributed by atoms with van der Waals surface area (Å²) in [5.41, 5.74) is 0.0338. The second-order valence-corrected chi connectivity index (χ2v) is 9.18. The van der Waals surface area contributed by atoms with Gasteiger partial charge in [0.05, 0.1) is 24.9 Å². The molecule has 0 radical (unpaired) electrons. The fourth-order valence-electron chi connectivity index (χ4n) is 5.16. The Labute approximate surface area is 162 Å². The van der Waals surface area contributed by atoms with Crippen molar-refractivity contribution in [3.63, 3.8) is 0 Å². The van der Waals surface area contributed by atoms with Gasteiger partial charge < -0.3 is 14.4 Å². The van der Waals surface area contributed by atoms with Gasteiger partial charge in [-0.3, -0.25) is 4.57 Å². The van der Waals surface area contributed by atoms with E-state index in [9.17, 15) is 0 Å². The Morgan fingerprint density at radius 1 is 0.963 bits per heavy atom. The highest BCUT2D eigenvalue weighted by atomic mass is 16.5. The molecule has 0 aromatic carbocycles. The molecule has 1 aromatic heterocycles. The van der Waals surface area contributed by atoms with Crippen molar-refractivity contribution >= 4 is 5.95 Å². The van der Waals surface area contributed by atoms with Crippen molar-refractivity contribution in [3.05, 3.63) is 5.82 Å². The summed E-state index contributed by atoms with van der Waals surface area (Å²) in [6.45, 7) is 4.52. The maximum atomic E-state index is 6.37. The van der Waals surface area contributed by atoms with Crippen LogP contribution in [-0.4, -0.2) is 52.8 Å². The van der Waals surface area contributed by atoms with Crippen molar-refractivity contribution in [2.24, 2.45) is 5.92 Å². The van der Waals surface area contributed by atoms with Crippen LogP contribution in [0.5, 0.6) is 0 Å². The van der Waals surface area contributed by atoms with Gasteiger partial charge in [0.15, 0.2) is 0 Å². The summed E-state index contributed by atoms with van der Waals surface area (Å²) in [6, 6.07) is 0. The largest absolute Gasteiger partial charge is 0.376 e. The smallest absolute Gasteiger partial charge is 0.227 e. The van der Waals surface area contributed by atoms with Crippen LogP contribution in [-0.2, 0) is 22.4 Å². The number of hydrogen-bond donors (Lipinski definition) is 0. The van der Waals surface area contributed by atoms with Crippen LogP contribution in [0.1, 0.15) is 70.0 Å².